The van der Waals surface area contributed by atoms with Gasteiger partial charge in [-0.2, -0.15) is 0 Å². The molecule has 29 heavy (non-hydrogen) atoms. The summed E-state index contributed by atoms with van der Waals surface area (Å²) in [5.74, 6) is 0. The third kappa shape index (κ3) is 2.29. The first kappa shape index (κ1) is 16.7. The van der Waals surface area contributed by atoms with Crippen LogP contribution in [-0.2, 0) is 5.41 Å². The molecular weight excluding hydrogens is 374 g/mol. The molecule has 0 amide bonds. The number of hydrogen-bond acceptors (Lipinski definition) is 4. The van der Waals surface area contributed by atoms with Gasteiger partial charge in [-0.15, -0.1) is 11.3 Å². The number of anilines is 3. The van der Waals surface area contributed by atoms with Crippen LogP contribution in [0.15, 0.2) is 79.1 Å². The van der Waals surface area contributed by atoms with Crippen molar-refractivity contribution in [3.8, 4) is 0 Å². The van der Waals surface area contributed by atoms with Crippen molar-refractivity contribution in [1.29, 1.82) is 0 Å². The number of fused-ring (bicyclic) bond motifs is 5. The van der Waals surface area contributed by atoms with E-state index in [-0.39, 0.29) is 5.41 Å². The van der Waals surface area contributed by atoms with E-state index in [1.807, 2.05) is 0 Å². The van der Waals surface area contributed by atoms with E-state index in [2.05, 4.69) is 95.4 Å². The van der Waals surface area contributed by atoms with Crippen molar-refractivity contribution in [2.75, 3.05) is 4.90 Å². The van der Waals surface area contributed by atoms with Gasteiger partial charge in [-0.25, -0.2) is 4.98 Å². The number of rotatable bonds is 1. The summed E-state index contributed by atoms with van der Waals surface area (Å²) in [7, 11) is 0. The first-order chi connectivity index (χ1) is 14.1. The maximum atomic E-state index is 4.54. The topological polar surface area (TPSA) is 29.0 Å². The van der Waals surface area contributed by atoms with E-state index in [0.29, 0.717) is 0 Å². The summed E-state index contributed by atoms with van der Waals surface area (Å²) < 4.78 is 1.21. The Morgan fingerprint density at radius 1 is 0.793 bits per heavy atom. The minimum Gasteiger partial charge on any atom is -0.310 e. The molecule has 0 aliphatic carbocycles. The van der Waals surface area contributed by atoms with Gasteiger partial charge in [0.1, 0.15) is 10.3 Å². The molecule has 140 valence electrons. The minimum atomic E-state index is -0.0424. The van der Waals surface area contributed by atoms with E-state index < -0.39 is 0 Å². The van der Waals surface area contributed by atoms with Gasteiger partial charge >= 0.3 is 0 Å². The lowest BCUT2D eigenvalue weighted by atomic mass is 9.73. The van der Waals surface area contributed by atoms with Gasteiger partial charge in [0.25, 0.3) is 0 Å². The Morgan fingerprint density at radius 2 is 1.45 bits per heavy atom. The van der Waals surface area contributed by atoms with Crippen LogP contribution in [0.3, 0.4) is 0 Å². The summed E-state index contributed by atoms with van der Waals surface area (Å²) in [5.41, 5.74) is 7.29. The zero-order chi connectivity index (χ0) is 19.6. The molecule has 3 heterocycles. The summed E-state index contributed by atoms with van der Waals surface area (Å²) >= 11 is 1.70. The number of benzene rings is 3. The average Bonchev–Trinajstić information content (AvgIpc) is 3.12. The zero-order valence-corrected chi connectivity index (χ0v) is 17.1. The number of hydrogen-bond donors (Lipinski definition) is 0. The van der Waals surface area contributed by atoms with Crippen molar-refractivity contribution in [1.82, 2.24) is 9.97 Å². The van der Waals surface area contributed by atoms with Crippen LogP contribution in [0.4, 0.5) is 17.1 Å². The molecule has 1 aliphatic heterocycles. The highest BCUT2D eigenvalue weighted by Gasteiger charge is 2.36. The average molecular weight is 394 g/mol. The highest BCUT2D eigenvalue weighted by atomic mass is 32.1. The molecule has 6 rings (SSSR count). The normalized spacial score (nSPS) is 14.8. The van der Waals surface area contributed by atoms with Gasteiger partial charge in [0.2, 0.25) is 0 Å². The molecule has 2 aromatic heterocycles. The third-order valence-electron chi connectivity index (χ3n) is 5.99. The van der Waals surface area contributed by atoms with Crippen molar-refractivity contribution in [3.63, 3.8) is 0 Å². The first-order valence-corrected chi connectivity index (χ1v) is 10.6. The SMILES string of the molecule is CC1(C)c2ccccc2N(c2ccc3c(c2)sc2nccnc23)c2ccccc21. The van der Waals surface area contributed by atoms with E-state index in [4.69, 9.17) is 0 Å². The molecule has 0 bridgehead atoms. The second kappa shape index (κ2) is 5.88. The predicted octanol–water partition coefficient (Wildman–Crippen LogP) is 6.95. The number of nitrogens with zero attached hydrogens (tertiary/aromatic N) is 3. The van der Waals surface area contributed by atoms with E-state index in [1.54, 1.807) is 23.7 Å². The molecule has 0 radical (unpaired) electrons. The molecule has 1 aliphatic rings. The van der Waals surface area contributed by atoms with Gasteiger partial charge in [0.05, 0.1) is 11.4 Å². The maximum Gasteiger partial charge on any atom is 0.143 e. The summed E-state index contributed by atoms with van der Waals surface area (Å²) in [6.07, 6.45) is 3.53. The molecule has 0 saturated heterocycles. The Bertz CT molecular complexity index is 1350. The fourth-order valence-electron chi connectivity index (χ4n) is 4.57. The standard InChI is InChI=1S/C25H19N3S/c1-25(2)18-7-3-5-9-20(18)28(21-10-6-4-8-19(21)25)16-11-12-17-22(15-16)29-24-23(17)26-13-14-27-24/h3-15H,1-2H3. The Balaban J connectivity index is 1.64. The number of thiophene rings is 1. The van der Waals surface area contributed by atoms with Gasteiger partial charge in [0, 0.05) is 33.6 Å². The van der Waals surface area contributed by atoms with E-state index in [1.165, 1.54) is 38.3 Å². The van der Waals surface area contributed by atoms with Crippen LogP contribution in [0.1, 0.15) is 25.0 Å². The van der Waals surface area contributed by atoms with Gasteiger partial charge < -0.3 is 4.90 Å². The van der Waals surface area contributed by atoms with Crippen molar-refractivity contribution in [2.24, 2.45) is 0 Å². The van der Waals surface area contributed by atoms with E-state index in [0.717, 1.165) is 10.3 Å². The Morgan fingerprint density at radius 3 is 2.17 bits per heavy atom. The fraction of sp³-hybridized carbons (Fsp3) is 0.120. The highest BCUT2D eigenvalue weighted by molar-refractivity contribution is 7.25. The fourth-order valence-corrected chi connectivity index (χ4v) is 5.60. The van der Waals surface area contributed by atoms with Crippen LogP contribution in [0.2, 0.25) is 0 Å². The molecule has 0 spiro atoms. The van der Waals surface area contributed by atoms with Crippen molar-refractivity contribution >= 4 is 48.8 Å². The predicted molar refractivity (Wildman–Crippen MR) is 122 cm³/mol. The first-order valence-electron chi connectivity index (χ1n) is 9.77. The zero-order valence-electron chi connectivity index (χ0n) is 16.3. The molecule has 0 fully saturated rings. The third-order valence-corrected chi connectivity index (χ3v) is 7.04. The van der Waals surface area contributed by atoms with Crippen molar-refractivity contribution in [3.05, 3.63) is 90.3 Å². The van der Waals surface area contributed by atoms with Gasteiger partial charge in [-0.05, 0) is 41.5 Å². The summed E-state index contributed by atoms with van der Waals surface area (Å²) in [6, 6.07) is 24.2. The van der Waals surface area contributed by atoms with Gasteiger partial charge in [-0.3, -0.25) is 4.98 Å². The van der Waals surface area contributed by atoms with Crippen LogP contribution in [-0.4, -0.2) is 9.97 Å². The van der Waals surface area contributed by atoms with E-state index >= 15 is 0 Å². The maximum absolute atomic E-state index is 4.54. The lowest BCUT2D eigenvalue weighted by molar-refractivity contribution is 0.632. The second-order valence-corrected chi connectivity index (χ2v) is 9.02. The summed E-state index contributed by atoms with van der Waals surface area (Å²) in [6.45, 7) is 4.63. The van der Waals surface area contributed by atoms with Crippen LogP contribution in [0.5, 0.6) is 0 Å². The number of aromatic nitrogens is 2. The minimum absolute atomic E-state index is 0.0424. The lowest BCUT2D eigenvalue weighted by Gasteiger charge is -2.42. The molecule has 0 unspecified atom stereocenters. The van der Waals surface area contributed by atoms with Crippen LogP contribution in [0.25, 0.3) is 20.4 Å². The quantitative estimate of drug-likeness (QED) is 0.308. The lowest BCUT2D eigenvalue weighted by Crippen LogP contribution is -2.30. The molecule has 3 aromatic carbocycles. The van der Waals surface area contributed by atoms with Crippen LogP contribution >= 0.6 is 11.3 Å². The molecular formula is C25H19N3S. The molecule has 0 saturated carbocycles. The molecule has 5 aromatic rings. The Hall–Kier alpha value is -3.24. The molecule has 3 nitrogen and oxygen atoms in total. The van der Waals surface area contributed by atoms with Crippen LogP contribution < -0.4 is 4.90 Å². The second-order valence-electron chi connectivity index (χ2n) is 7.99. The van der Waals surface area contributed by atoms with Gasteiger partial charge in [-0.1, -0.05) is 50.2 Å². The Kier molecular flexibility index (Phi) is 3.38. The molecule has 0 N–H and O–H groups in total. The van der Waals surface area contributed by atoms with E-state index in [9.17, 15) is 0 Å². The summed E-state index contributed by atoms with van der Waals surface area (Å²) in [5, 5.41) is 1.17. The molecule has 4 heteroatoms. The van der Waals surface area contributed by atoms with Gasteiger partial charge in [0.15, 0.2) is 0 Å². The smallest absolute Gasteiger partial charge is 0.143 e. The van der Waals surface area contributed by atoms with Crippen molar-refractivity contribution in [2.45, 2.75) is 19.3 Å². The molecule has 0 atom stereocenters. The highest BCUT2D eigenvalue weighted by Crippen LogP contribution is 2.52. The Labute approximate surface area is 173 Å². The monoisotopic (exact) mass is 393 g/mol. The largest absolute Gasteiger partial charge is 0.310 e. The van der Waals surface area contributed by atoms with Crippen molar-refractivity contribution < 1.29 is 0 Å². The van der Waals surface area contributed by atoms with Crippen LogP contribution in [0, 0.1) is 0 Å². The number of para-hydroxylation sites is 2. The summed E-state index contributed by atoms with van der Waals surface area (Å²) in [4.78, 5) is 12.4.